The molecule has 0 aliphatic heterocycles. The van der Waals surface area contributed by atoms with Crippen LogP contribution in [0.2, 0.25) is 0 Å². The smallest absolute Gasteiger partial charge is 0.172 e. The summed E-state index contributed by atoms with van der Waals surface area (Å²) in [6.07, 6.45) is 2.02. The Labute approximate surface area is 154 Å². The SMILES string of the molecule is Cc1cc(P(=O)(c2ccccc2)c2ccccc2)cn1-c1ccccc1. The number of nitrogens with zero attached hydrogens (tertiary/aromatic N) is 1. The Balaban J connectivity index is 1.93. The van der Waals surface area contributed by atoms with E-state index in [4.69, 9.17) is 0 Å². The molecule has 128 valence electrons. The maximum atomic E-state index is 14.4. The molecule has 0 saturated heterocycles. The summed E-state index contributed by atoms with van der Waals surface area (Å²) in [7, 11) is -2.92. The van der Waals surface area contributed by atoms with Gasteiger partial charge in [-0.2, -0.15) is 0 Å². The number of aromatic nitrogens is 1. The van der Waals surface area contributed by atoms with Crippen molar-refractivity contribution >= 4 is 23.1 Å². The van der Waals surface area contributed by atoms with E-state index in [0.717, 1.165) is 27.3 Å². The van der Waals surface area contributed by atoms with Crippen LogP contribution in [-0.2, 0) is 4.57 Å². The van der Waals surface area contributed by atoms with E-state index < -0.39 is 7.14 Å². The minimum absolute atomic E-state index is 0.858. The van der Waals surface area contributed by atoms with Gasteiger partial charge in [-0.05, 0) is 25.1 Å². The Bertz CT molecular complexity index is 1010. The molecule has 4 aromatic rings. The first-order valence-corrected chi connectivity index (χ1v) is 10.4. The first kappa shape index (κ1) is 16.6. The van der Waals surface area contributed by atoms with Crippen molar-refractivity contribution in [1.29, 1.82) is 0 Å². The summed E-state index contributed by atoms with van der Waals surface area (Å²) in [5.74, 6) is 0. The van der Waals surface area contributed by atoms with Crippen molar-refractivity contribution in [3.8, 4) is 5.69 Å². The summed E-state index contributed by atoms with van der Waals surface area (Å²) >= 11 is 0. The Kier molecular flexibility index (Phi) is 4.36. The highest BCUT2D eigenvalue weighted by atomic mass is 31.2. The average Bonchev–Trinajstić information content (AvgIpc) is 3.11. The third-order valence-corrected chi connectivity index (χ3v) is 7.66. The first-order valence-electron chi connectivity index (χ1n) is 8.66. The van der Waals surface area contributed by atoms with Crippen molar-refractivity contribution in [2.75, 3.05) is 0 Å². The summed E-state index contributed by atoms with van der Waals surface area (Å²) in [6, 6.07) is 31.8. The molecule has 0 N–H and O–H groups in total. The van der Waals surface area contributed by atoms with Gasteiger partial charge in [-0.15, -0.1) is 0 Å². The summed E-state index contributed by atoms with van der Waals surface area (Å²) in [5.41, 5.74) is 2.14. The molecular formula is C23H20NOP. The molecule has 4 rings (SSSR count). The third-order valence-electron chi connectivity index (χ3n) is 4.64. The van der Waals surface area contributed by atoms with E-state index in [9.17, 15) is 4.57 Å². The van der Waals surface area contributed by atoms with Gasteiger partial charge in [-0.25, -0.2) is 0 Å². The predicted octanol–water partition coefficient (Wildman–Crippen LogP) is 4.43. The number of rotatable bonds is 4. The summed E-state index contributed by atoms with van der Waals surface area (Å²) in [4.78, 5) is 0. The maximum Gasteiger partial charge on any atom is 0.172 e. The fourth-order valence-corrected chi connectivity index (χ4v) is 6.04. The second kappa shape index (κ2) is 6.82. The van der Waals surface area contributed by atoms with Crippen molar-refractivity contribution in [1.82, 2.24) is 4.57 Å². The molecule has 0 bridgehead atoms. The number of aryl methyl sites for hydroxylation is 1. The molecule has 0 unspecified atom stereocenters. The molecule has 0 saturated carbocycles. The molecule has 0 aliphatic rings. The lowest BCUT2D eigenvalue weighted by Crippen LogP contribution is -2.24. The van der Waals surface area contributed by atoms with E-state index >= 15 is 0 Å². The molecule has 0 radical (unpaired) electrons. The third kappa shape index (κ3) is 2.83. The molecule has 0 aliphatic carbocycles. The lowest BCUT2D eigenvalue weighted by molar-refractivity contribution is 0.592. The second-order valence-corrected chi connectivity index (χ2v) is 9.09. The molecular weight excluding hydrogens is 337 g/mol. The fraction of sp³-hybridized carbons (Fsp3) is 0.0435. The van der Waals surface area contributed by atoms with Crippen LogP contribution in [0.3, 0.4) is 0 Å². The van der Waals surface area contributed by atoms with Crippen LogP contribution in [-0.4, -0.2) is 4.57 Å². The van der Waals surface area contributed by atoms with E-state index in [0.29, 0.717) is 0 Å². The van der Waals surface area contributed by atoms with E-state index in [2.05, 4.69) is 23.6 Å². The Morgan fingerprint density at radius 1 is 0.654 bits per heavy atom. The monoisotopic (exact) mass is 357 g/mol. The van der Waals surface area contributed by atoms with Gasteiger partial charge in [0.05, 0.1) is 0 Å². The van der Waals surface area contributed by atoms with E-state index in [1.807, 2.05) is 91.1 Å². The summed E-state index contributed by atoms with van der Waals surface area (Å²) in [5, 5.41) is 2.57. The zero-order valence-electron chi connectivity index (χ0n) is 14.6. The number of para-hydroxylation sites is 1. The van der Waals surface area contributed by atoms with Gasteiger partial charge in [-0.1, -0.05) is 78.9 Å². The Morgan fingerprint density at radius 2 is 1.12 bits per heavy atom. The number of hydrogen-bond acceptors (Lipinski definition) is 1. The standard InChI is InChI=1S/C23H20NOP/c1-19-17-23(18-24(19)20-11-5-2-6-12-20)26(25,21-13-7-3-8-14-21)22-15-9-4-10-16-22/h2-18H,1H3. The molecule has 0 spiro atoms. The van der Waals surface area contributed by atoms with Crippen molar-refractivity contribution in [2.45, 2.75) is 6.92 Å². The normalized spacial score (nSPS) is 11.4. The highest BCUT2D eigenvalue weighted by Gasteiger charge is 2.31. The molecule has 26 heavy (non-hydrogen) atoms. The first-order chi connectivity index (χ1) is 12.7. The number of benzene rings is 3. The van der Waals surface area contributed by atoms with Crippen LogP contribution in [0.1, 0.15) is 5.69 Å². The van der Waals surface area contributed by atoms with Crippen LogP contribution in [0.15, 0.2) is 103 Å². The zero-order chi connectivity index (χ0) is 18.0. The highest BCUT2D eigenvalue weighted by molar-refractivity contribution is 7.85. The van der Waals surface area contributed by atoms with Crippen LogP contribution in [0, 0.1) is 6.92 Å². The molecule has 0 fully saturated rings. The molecule has 1 heterocycles. The topological polar surface area (TPSA) is 22.0 Å². The van der Waals surface area contributed by atoms with Crippen LogP contribution in [0.5, 0.6) is 0 Å². The molecule has 3 heteroatoms. The van der Waals surface area contributed by atoms with Gasteiger partial charge in [-0.3, -0.25) is 0 Å². The Morgan fingerprint density at radius 3 is 1.62 bits per heavy atom. The lowest BCUT2D eigenvalue weighted by atomic mass is 10.3. The largest absolute Gasteiger partial charge is 0.320 e. The van der Waals surface area contributed by atoms with Gasteiger partial charge in [0, 0.05) is 33.5 Å². The molecule has 1 aromatic heterocycles. The van der Waals surface area contributed by atoms with Gasteiger partial charge < -0.3 is 9.13 Å². The zero-order valence-corrected chi connectivity index (χ0v) is 15.5. The summed E-state index contributed by atoms with van der Waals surface area (Å²) < 4.78 is 16.5. The van der Waals surface area contributed by atoms with E-state index in [-0.39, 0.29) is 0 Å². The predicted molar refractivity (Wildman–Crippen MR) is 110 cm³/mol. The molecule has 0 atom stereocenters. The van der Waals surface area contributed by atoms with Crippen molar-refractivity contribution in [2.24, 2.45) is 0 Å². The van der Waals surface area contributed by atoms with E-state index in [1.165, 1.54) is 0 Å². The van der Waals surface area contributed by atoms with Gasteiger partial charge >= 0.3 is 0 Å². The van der Waals surface area contributed by atoms with Crippen LogP contribution in [0.25, 0.3) is 5.69 Å². The molecule has 2 nitrogen and oxygen atoms in total. The minimum atomic E-state index is -2.92. The van der Waals surface area contributed by atoms with Gasteiger partial charge in [0.25, 0.3) is 0 Å². The fourth-order valence-electron chi connectivity index (χ4n) is 3.32. The van der Waals surface area contributed by atoms with Gasteiger partial charge in [0.1, 0.15) is 0 Å². The highest BCUT2D eigenvalue weighted by Crippen LogP contribution is 2.42. The van der Waals surface area contributed by atoms with Crippen LogP contribution >= 0.6 is 7.14 Å². The van der Waals surface area contributed by atoms with Crippen LogP contribution in [0.4, 0.5) is 0 Å². The average molecular weight is 357 g/mol. The lowest BCUT2D eigenvalue weighted by Gasteiger charge is -2.18. The van der Waals surface area contributed by atoms with Crippen molar-refractivity contribution < 1.29 is 4.57 Å². The summed E-state index contributed by atoms with van der Waals surface area (Å²) in [6.45, 7) is 2.05. The quantitative estimate of drug-likeness (QED) is 0.496. The van der Waals surface area contributed by atoms with Gasteiger partial charge in [0.2, 0.25) is 0 Å². The van der Waals surface area contributed by atoms with Gasteiger partial charge in [0.15, 0.2) is 7.14 Å². The second-order valence-electron chi connectivity index (χ2n) is 6.33. The van der Waals surface area contributed by atoms with Crippen molar-refractivity contribution in [3.05, 3.63) is 109 Å². The molecule has 0 amide bonds. The minimum Gasteiger partial charge on any atom is -0.320 e. The Hall–Kier alpha value is -2.83. The van der Waals surface area contributed by atoms with Crippen molar-refractivity contribution in [3.63, 3.8) is 0 Å². The van der Waals surface area contributed by atoms with Crippen LogP contribution < -0.4 is 15.9 Å². The molecule has 3 aromatic carbocycles. The van der Waals surface area contributed by atoms with E-state index in [1.54, 1.807) is 0 Å². The maximum absolute atomic E-state index is 14.4. The number of hydrogen-bond donors (Lipinski definition) is 0.